The number of aromatic nitrogens is 2. The number of aromatic carboxylic acids is 1. The van der Waals surface area contributed by atoms with Crippen molar-refractivity contribution in [1.29, 1.82) is 0 Å². The highest BCUT2D eigenvalue weighted by molar-refractivity contribution is 6.05. The van der Waals surface area contributed by atoms with Crippen LogP contribution in [0.4, 0.5) is 14.9 Å². The summed E-state index contributed by atoms with van der Waals surface area (Å²) in [6.07, 6.45) is 1.60. The molecule has 3 N–H and O–H groups in total. The van der Waals surface area contributed by atoms with E-state index in [0.717, 1.165) is 10.9 Å². The number of benzene rings is 4. The molecule has 0 bridgehead atoms. The first-order valence-corrected chi connectivity index (χ1v) is 16.0. The van der Waals surface area contributed by atoms with Crippen molar-refractivity contribution in [2.45, 2.75) is 19.9 Å². The third-order valence-electron chi connectivity index (χ3n) is 8.61. The van der Waals surface area contributed by atoms with Crippen molar-refractivity contribution >= 4 is 34.4 Å². The third kappa shape index (κ3) is 6.89. The molecule has 1 aliphatic rings. The standard InChI is InChI=1S/C37H37FN6O5/c1-4-49-28-10-7-9-25(18-28)44-22-33(41-34(44)30-13-12-23(2)16-32(30)38)35(45)43-15-14-42(21-27(43)20-40-37(48)39-3)26-17-24-8-5-6-11-29(24)31(19-26)36(46)47/h5-13,16-19,22,27H,4,14-15,20-21H2,1-3H3,(H,46,47)(H2,39,40,48)/t27-/m1/s1. The topological polar surface area (TPSA) is 129 Å². The van der Waals surface area contributed by atoms with Gasteiger partial charge in [-0.3, -0.25) is 9.36 Å². The minimum Gasteiger partial charge on any atom is -0.494 e. The Balaban J connectivity index is 1.37. The minimum atomic E-state index is -1.03. The molecular weight excluding hydrogens is 627 g/mol. The van der Waals surface area contributed by atoms with Gasteiger partial charge in [-0.05, 0) is 66.6 Å². The van der Waals surface area contributed by atoms with Crippen LogP contribution in [0.2, 0.25) is 0 Å². The number of halogens is 1. The van der Waals surface area contributed by atoms with Crippen molar-refractivity contribution < 1.29 is 28.6 Å². The number of fused-ring (bicyclic) bond motifs is 1. The zero-order valence-electron chi connectivity index (χ0n) is 27.4. The zero-order chi connectivity index (χ0) is 34.7. The summed E-state index contributed by atoms with van der Waals surface area (Å²) in [6.45, 7) is 5.23. The van der Waals surface area contributed by atoms with E-state index in [1.807, 2.05) is 48.2 Å². The molecule has 252 valence electrons. The lowest BCUT2D eigenvalue weighted by molar-refractivity contribution is 0.0651. The highest BCUT2D eigenvalue weighted by Gasteiger charge is 2.34. The lowest BCUT2D eigenvalue weighted by atomic mass is 10.0. The van der Waals surface area contributed by atoms with Gasteiger partial charge in [0.2, 0.25) is 0 Å². The van der Waals surface area contributed by atoms with Gasteiger partial charge in [-0.15, -0.1) is 0 Å². The number of carbonyl (C=O) groups excluding carboxylic acids is 2. The number of nitrogens with one attached hydrogen (secondary N) is 2. The minimum absolute atomic E-state index is 0.106. The average Bonchev–Trinajstić information content (AvgIpc) is 3.55. The molecule has 0 saturated carbocycles. The average molecular weight is 665 g/mol. The number of hydrogen-bond acceptors (Lipinski definition) is 6. The maximum Gasteiger partial charge on any atom is 0.336 e. The van der Waals surface area contributed by atoms with Crippen molar-refractivity contribution in [3.05, 3.63) is 108 Å². The SMILES string of the molecule is CCOc1cccc(-n2cc(C(=O)N3CCN(c4cc(C(=O)O)c5ccccc5c4)C[C@H]3CNC(=O)NC)nc2-c2ccc(C)cc2F)c1. The lowest BCUT2D eigenvalue weighted by Crippen LogP contribution is -2.59. The van der Waals surface area contributed by atoms with E-state index in [4.69, 9.17) is 9.72 Å². The summed E-state index contributed by atoms with van der Waals surface area (Å²) in [4.78, 5) is 47.1. The van der Waals surface area contributed by atoms with E-state index in [9.17, 15) is 19.5 Å². The van der Waals surface area contributed by atoms with E-state index in [2.05, 4.69) is 10.6 Å². The molecule has 6 rings (SSSR count). The zero-order valence-corrected chi connectivity index (χ0v) is 27.4. The highest BCUT2D eigenvalue weighted by atomic mass is 19.1. The Morgan fingerprint density at radius 3 is 2.57 bits per heavy atom. The Kier molecular flexibility index (Phi) is 9.47. The maximum absolute atomic E-state index is 15.4. The smallest absolute Gasteiger partial charge is 0.336 e. The Bertz CT molecular complexity index is 2050. The molecule has 49 heavy (non-hydrogen) atoms. The molecule has 1 aliphatic heterocycles. The number of urea groups is 1. The fraction of sp³-hybridized carbons (Fsp3) is 0.243. The number of imidazole rings is 1. The van der Waals surface area contributed by atoms with Gasteiger partial charge in [0.1, 0.15) is 23.1 Å². The van der Waals surface area contributed by atoms with Crippen LogP contribution in [0.5, 0.6) is 5.75 Å². The van der Waals surface area contributed by atoms with Gasteiger partial charge in [-0.2, -0.15) is 0 Å². The van der Waals surface area contributed by atoms with Crippen molar-refractivity contribution in [1.82, 2.24) is 25.1 Å². The van der Waals surface area contributed by atoms with Gasteiger partial charge >= 0.3 is 12.0 Å². The second-order valence-corrected chi connectivity index (χ2v) is 11.8. The number of carboxylic acid groups (broad SMARTS) is 1. The predicted octanol–water partition coefficient (Wildman–Crippen LogP) is 5.50. The fourth-order valence-electron chi connectivity index (χ4n) is 6.19. The van der Waals surface area contributed by atoms with Gasteiger partial charge in [0.15, 0.2) is 0 Å². The van der Waals surface area contributed by atoms with Gasteiger partial charge in [0.05, 0.1) is 29.5 Å². The number of ether oxygens (including phenoxy) is 1. The van der Waals surface area contributed by atoms with Gasteiger partial charge in [-0.1, -0.05) is 36.4 Å². The first kappa shape index (κ1) is 33.0. The van der Waals surface area contributed by atoms with Crippen LogP contribution in [0.15, 0.2) is 85.1 Å². The molecule has 3 amide bonds. The summed E-state index contributed by atoms with van der Waals surface area (Å²) in [5.41, 5.74) is 2.61. The van der Waals surface area contributed by atoms with E-state index >= 15 is 4.39 Å². The second-order valence-electron chi connectivity index (χ2n) is 11.8. The molecule has 0 spiro atoms. The highest BCUT2D eigenvalue weighted by Crippen LogP contribution is 2.31. The van der Waals surface area contributed by atoms with Gasteiger partial charge in [0, 0.05) is 51.2 Å². The van der Waals surface area contributed by atoms with Crippen LogP contribution in [-0.4, -0.2) is 83.3 Å². The van der Waals surface area contributed by atoms with Crippen LogP contribution in [0, 0.1) is 12.7 Å². The maximum atomic E-state index is 15.4. The summed E-state index contributed by atoms with van der Waals surface area (Å²) in [6, 6.07) is 22.1. The number of rotatable bonds is 9. The first-order chi connectivity index (χ1) is 23.7. The number of piperazine rings is 1. The van der Waals surface area contributed by atoms with Crippen LogP contribution in [0.25, 0.3) is 27.8 Å². The Morgan fingerprint density at radius 1 is 1.00 bits per heavy atom. The van der Waals surface area contributed by atoms with Crippen LogP contribution in [-0.2, 0) is 0 Å². The molecule has 2 heterocycles. The van der Waals surface area contributed by atoms with Crippen molar-refractivity contribution in [3.63, 3.8) is 0 Å². The Hall–Kier alpha value is -5.91. The number of anilines is 1. The van der Waals surface area contributed by atoms with Gasteiger partial charge in [-0.25, -0.2) is 19.0 Å². The van der Waals surface area contributed by atoms with Crippen LogP contribution in [0.3, 0.4) is 0 Å². The van der Waals surface area contributed by atoms with Crippen LogP contribution >= 0.6 is 0 Å². The molecule has 1 fully saturated rings. The summed E-state index contributed by atoms with van der Waals surface area (Å²) >= 11 is 0. The first-order valence-electron chi connectivity index (χ1n) is 16.0. The monoisotopic (exact) mass is 664 g/mol. The molecule has 0 radical (unpaired) electrons. The van der Waals surface area contributed by atoms with E-state index in [1.165, 1.54) is 13.1 Å². The number of carboxylic acids is 1. The number of carbonyl (C=O) groups is 3. The summed E-state index contributed by atoms with van der Waals surface area (Å²) in [5, 5.41) is 16.7. The van der Waals surface area contributed by atoms with Gasteiger partial charge in [0.25, 0.3) is 5.91 Å². The number of nitrogens with zero attached hydrogens (tertiary/aromatic N) is 4. The molecule has 1 atom stereocenters. The van der Waals surface area contributed by atoms with E-state index < -0.39 is 23.9 Å². The Labute approximate surface area is 282 Å². The molecule has 4 aromatic carbocycles. The summed E-state index contributed by atoms with van der Waals surface area (Å²) < 4.78 is 22.8. The molecular formula is C37H37FN6O5. The normalized spacial score (nSPS) is 14.5. The summed E-state index contributed by atoms with van der Waals surface area (Å²) in [7, 11) is 1.51. The lowest BCUT2D eigenvalue weighted by Gasteiger charge is -2.42. The van der Waals surface area contributed by atoms with E-state index in [0.29, 0.717) is 42.2 Å². The number of amides is 3. The van der Waals surface area contributed by atoms with Crippen molar-refractivity contribution in [2.75, 3.05) is 44.7 Å². The second kappa shape index (κ2) is 14.1. The third-order valence-corrected chi connectivity index (χ3v) is 8.61. The molecule has 0 unspecified atom stereocenters. The van der Waals surface area contributed by atoms with Crippen LogP contribution in [0.1, 0.15) is 33.3 Å². The fourth-order valence-corrected chi connectivity index (χ4v) is 6.19. The van der Waals surface area contributed by atoms with E-state index in [1.54, 1.807) is 59.0 Å². The van der Waals surface area contributed by atoms with Crippen molar-refractivity contribution in [3.8, 4) is 22.8 Å². The predicted molar refractivity (Wildman–Crippen MR) is 185 cm³/mol. The molecule has 5 aromatic rings. The molecule has 1 saturated heterocycles. The van der Waals surface area contributed by atoms with Crippen LogP contribution < -0.4 is 20.3 Å². The number of aryl methyl sites for hydroxylation is 1. The quantitative estimate of drug-likeness (QED) is 0.190. The van der Waals surface area contributed by atoms with E-state index in [-0.39, 0.29) is 41.6 Å². The summed E-state index contributed by atoms with van der Waals surface area (Å²) in [5.74, 6) is -1.02. The molecule has 11 nitrogen and oxygen atoms in total. The largest absolute Gasteiger partial charge is 0.494 e. The van der Waals surface area contributed by atoms with Gasteiger partial charge < -0.3 is 30.3 Å². The number of hydrogen-bond donors (Lipinski definition) is 3. The Morgan fingerprint density at radius 2 is 1.82 bits per heavy atom. The molecule has 12 heteroatoms. The van der Waals surface area contributed by atoms with Crippen molar-refractivity contribution in [2.24, 2.45) is 0 Å². The molecule has 1 aromatic heterocycles. The molecule has 0 aliphatic carbocycles.